The maximum Gasteiger partial charge on any atom is 0.312 e. The smallest absolute Gasteiger partial charge is 0.312 e. The highest BCUT2D eigenvalue weighted by atomic mass is 16.7. The molecule has 3 aliphatic rings. The van der Waals surface area contributed by atoms with E-state index < -0.39 is 88.8 Å². The van der Waals surface area contributed by atoms with Crippen molar-refractivity contribution in [2.45, 2.75) is 92.5 Å². The number of nitrogens with one attached hydrogen (secondary N) is 1. The third-order valence-electron chi connectivity index (χ3n) is 11.4. The Morgan fingerprint density at radius 2 is 1.56 bits per heavy atom. The van der Waals surface area contributed by atoms with Gasteiger partial charge in [0.1, 0.15) is 23.4 Å². The average molecular weight is 815 g/mol. The number of aliphatic hydroxyl groups is 2. The highest BCUT2D eigenvalue weighted by Crippen LogP contribution is 2.55. The van der Waals surface area contributed by atoms with E-state index in [0.717, 1.165) is 5.56 Å². The van der Waals surface area contributed by atoms with Gasteiger partial charge < -0.3 is 49.8 Å². The second-order valence-electron chi connectivity index (χ2n) is 15.7. The number of benzene rings is 3. The van der Waals surface area contributed by atoms with Crippen LogP contribution in [0.2, 0.25) is 0 Å². The van der Waals surface area contributed by atoms with E-state index >= 15 is 0 Å². The lowest BCUT2D eigenvalue weighted by Gasteiger charge is -2.38. The van der Waals surface area contributed by atoms with Gasteiger partial charge in [0.15, 0.2) is 5.75 Å². The predicted octanol–water partition coefficient (Wildman–Crippen LogP) is 6.81. The first kappa shape index (κ1) is 44.4. The van der Waals surface area contributed by atoms with Crippen LogP contribution in [-0.2, 0) is 23.8 Å². The molecule has 1 amide bonds. The number of amides is 1. The number of aliphatic imine (C=N–C) groups is 1. The fourth-order valence-corrected chi connectivity index (χ4v) is 7.64. The number of hydrogen-bond acceptors (Lipinski definition) is 13. The van der Waals surface area contributed by atoms with Gasteiger partial charge in [-0.2, -0.15) is 0 Å². The van der Waals surface area contributed by atoms with Crippen molar-refractivity contribution in [2.24, 2.45) is 28.7 Å². The number of phenolic OH excluding ortho intramolecular Hbond substituents is 3. The molecule has 3 heterocycles. The summed E-state index contributed by atoms with van der Waals surface area (Å²) < 4.78 is 23.6. The van der Waals surface area contributed by atoms with Crippen molar-refractivity contribution in [3.05, 3.63) is 82.7 Å². The van der Waals surface area contributed by atoms with Gasteiger partial charge >= 0.3 is 11.8 Å². The van der Waals surface area contributed by atoms with Crippen LogP contribution >= 0.6 is 0 Å². The summed E-state index contributed by atoms with van der Waals surface area (Å²) in [6.07, 6.45) is 4.74. The number of nitrogens with zero attached hydrogens (tertiary/aromatic N) is 1. The van der Waals surface area contributed by atoms with Gasteiger partial charge in [-0.15, -0.1) is 0 Å². The summed E-state index contributed by atoms with van der Waals surface area (Å²) in [5.41, 5.74) is 0.994. The van der Waals surface area contributed by atoms with Crippen molar-refractivity contribution in [3.8, 4) is 23.0 Å². The van der Waals surface area contributed by atoms with Crippen molar-refractivity contribution in [1.82, 2.24) is 0 Å². The summed E-state index contributed by atoms with van der Waals surface area (Å²) in [4.78, 5) is 44.9. The molecule has 0 aliphatic carbocycles. The molecular formula is C45H54N2O12. The van der Waals surface area contributed by atoms with E-state index in [9.17, 15) is 39.9 Å². The van der Waals surface area contributed by atoms with Gasteiger partial charge in [0.2, 0.25) is 0 Å². The fraction of sp³-hybridized carbons (Fsp3) is 0.422. The number of allylic oxidation sites excluding steroid dienone is 2. The van der Waals surface area contributed by atoms with Crippen molar-refractivity contribution in [2.75, 3.05) is 12.4 Å². The van der Waals surface area contributed by atoms with Gasteiger partial charge in [-0.25, -0.2) is 0 Å². The van der Waals surface area contributed by atoms with Gasteiger partial charge in [0.05, 0.1) is 52.5 Å². The molecular weight excluding hydrogens is 760 g/mol. The van der Waals surface area contributed by atoms with Crippen LogP contribution in [0.1, 0.15) is 75.5 Å². The van der Waals surface area contributed by atoms with E-state index in [1.165, 1.54) is 59.4 Å². The number of esters is 1. The van der Waals surface area contributed by atoms with Crippen molar-refractivity contribution >= 4 is 46.0 Å². The monoisotopic (exact) mass is 814 g/mol. The quantitative estimate of drug-likeness (QED) is 0.0694. The highest BCUT2D eigenvalue weighted by Gasteiger charge is 2.50. The number of rotatable bonds is 4. The Morgan fingerprint density at radius 3 is 2.19 bits per heavy atom. The van der Waals surface area contributed by atoms with Crippen LogP contribution < -0.4 is 10.1 Å². The van der Waals surface area contributed by atoms with Crippen LogP contribution in [-0.4, -0.2) is 86.7 Å². The Labute approximate surface area is 343 Å². The first-order valence-corrected chi connectivity index (χ1v) is 19.4. The lowest BCUT2D eigenvalue weighted by molar-refractivity contribution is -0.160. The number of fused-ring (bicyclic) bond motifs is 14. The summed E-state index contributed by atoms with van der Waals surface area (Å²) in [5.74, 6) is -8.49. The molecule has 9 atom stereocenters. The molecule has 0 spiro atoms. The summed E-state index contributed by atoms with van der Waals surface area (Å²) >= 11 is 0. The molecule has 3 aromatic rings. The Bertz CT molecular complexity index is 2240. The van der Waals surface area contributed by atoms with Crippen LogP contribution in [0.3, 0.4) is 0 Å². The largest absolute Gasteiger partial charge is 0.507 e. The Hall–Kier alpha value is -5.70. The standard InChI is InChI=1S/C45H54N2O12/c1-21-14-16-29(17-15-21)46-20-30-35-40(53)33-32(39(30)52)34-42(27(7)38(33)51)59-45(9,43(34)54)57-19-18-31(56-10)24(4)41(58-28(8)48)26(6)37(50)25(5)36(49)22(2)12-11-13-23(3)44(55)47-35/h11-20,22,24-26,31,36-37,41,49-53H,1-10H3,(H,47,55)/b12-11+,19-18+,23-13-,46-20?. The van der Waals surface area contributed by atoms with Gasteiger partial charge in [-0.3, -0.25) is 19.4 Å². The number of hydrogen-bond donors (Lipinski definition) is 6. The third kappa shape index (κ3) is 8.70. The molecule has 3 aliphatic heterocycles. The van der Waals surface area contributed by atoms with Crippen LogP contribution in [0, 0.1) is 37.5 Å². The molecule has 3 aromatic carbocycles. The number of ether oxygens (including phenoxy) is 4. The lowest BCUT2D eigenvalue weighted by atomic mass is 9.78. The molecule has 14 heteroatoms. The Balaban J connectivity index is 1.73. The summed E-state index contributed by atoms with van der Waals surface area (Å²) in [6, 6.07) is 7.12. The number of carbonyl (C=O) groups excluding carboxylic acids is 3. The average Bonchev–Trinajstić information content (AvgIpc) is 3.46. The molecule has 0 saturated heterocycles. The number of Topliss-reactive ketones (excluding diaryl/α,β-unsaturated/α-hetero) is 1. The van der Waals surface area contributed by atoms with Gasteiger partial charge in [0, 0.05) is 67.4 Å². The molecule has 316 valence electrons. The summed E-state index contributed by atoms with van der Waals surface area (Å²) in [7, 11) is 1.43. The van der Waals surface area contributed by atoms with Crippen LogP contribution in [0.5, 0.6) is 23.0 Å². The number of anilines is 1. The Kier molecular flexibility index (Phi) is 13.3. The zero-order valence-corrected chi connectivity index (χ0v) is 34.9. The van der Waals surface area contributed by atoms with Crippen LogP contribution in [0.4, 0.5) is 11.4 Å². The molecule has 6 rings (SSSR count). The minimum atomic E-state index is -2.05. The van der Waals surface area contributed by atoms with E-state index in [2.05, 4.69) is 10.3 Å². The van der Waals surface area contributed by atoms with E-state index in [4.69, 9.17) is 18.9 Å². The highest BCUT2D eigenvalue weighted by molar-refractivity contribution is 6.24. The minimum Gasteiger partial charge on any atom is -0.507 e. The van der Waals surface area contributed by atoms with Crippen LogP contribution in [0.15, 0.2) is 65.4 Å². The zero-order valence-electron chi connectivity index (χ0n) is 34.9. The lowest BCUT2D eigenvalue weighted by Crippen LogP contribution is -2.46. The second kappa shape index (κ2) is 17.7. The maximum absolute atomic E-state index is 14.4. The molecule has 0 aromatic heterocycles. The SMILES string of the molecule is COC1/C=C/OC2(C)Oc3c(C)c(O)c4c(O)c(c(C=Nc5ccc(C)cc5)c(O)c4c3C2=O)NC(=O)/C(C)=C\C=C\C(C)C(O)C(C)C(O)C(C)C(OC(C)=O)C1C. The van der Waals surface area contributed by atoms with E-state index in [1.54, 1.807) is 52.0 Å². The number of aryl methyl sites for hydroxylation is 1. The second-order valence-corrected chi connectivity index (χ2v) is 15.7. The van der Waals surface area contributed by atoms with Crippen molar-refractivity contribution in [3.63, 3.8) is 0 Å². The minimum absolute atomic E-state index is 0.0441. The summed E-state index contributed by atoms with van der Waals surface area (Å²) in [6.45, 7) is 14.4. The predicted molar refractivity (Wildman–Crippen MR) is 222 cm³/mol. The summed E-state index contributed by atoms with van der Waals surface area (Å²) in [5, 5.41) is 60.4. The number of aromatic hydroxyl groups is 3. The molecule has 5 bridgehead atoms. The Morgan fingerprint density at radius 1 is 0.898 bits per heavy atom. The van der Waals surface area contributed by atoms with Gasteiger partial charge in [-0.1, -0.05) is 63.6 Å². The van der Waals surface area contributed by atoms with Crippen molar-refractivity contribution < 1.29 is 58.9 Å². The molecule has 59 heavy (non-hydrogen) atoms. The van der Waals surface area contributed by atoms with E-state index in [-0.39, 0.29) is 44.5 Å². The molecule has 0 saturated carbocycles. The van der Waals surface area contributed by atoms with Gasteiger partial charge in [0.25, 0.3) is 11.7 Å². The molecule has 0 radical (unpaired) electrons. The van der Waals surface area contributed by atoms with Crippen molar-refractivity contribution in [1.29, 1.82) is 0 Å². The van der Waals surface area contributed by atoms with Crippen LogP contribution in [0.25, 0.3) is 10.8 Å². The topological polar surface area (TPSA) is 214 Å². The number of ketones is 1. The van der Waals surface area contributed by atoms with E-state index in [0.29, 0.717) is 5.69 Å². The zero-order chi connectivity index (χ0) is 43.7. The maximum atomic E-state index is 14.4. The normalized spacial score (nSPS) is 30.1. The third-order valence-corrected chi connectivity index (χ3v) is 11.4. The number of aliphatic hydroxyl groups excluding tert-OH is 2. The van der Waals surface area contributed by atoms with E-state index in [1.807, 2.05) is 19.1 Å². The molecule has 9 unspecified atom stereocenters. The molecule has 6 N–H and O–H groups in total. The number of methoxy groups -OCH3 is 1. The number of carbonyl (C=O) groups is 3. The fourth-order valence-electron chi connectivity index (χ4n) is 7.64. The molecule has 14 nitrogen and oxygen atoms in total. The molecule has 0 fully saturated rings. The number of phenols is 3. The first-order valence-electron chi connectivity index (χ1n) is 19.4. The van der Waals surface area contributed by atoms with Gasteiger partial charge in [-0.05, 0) is 39.0 Å². The first-order chi connectivity index (χ1) is 27.7.